The molecule has 0 atom stereocenters. The first kappa shape index (κ1) is 14.1. The van der Waals surface area contributed by atoms with Crippen molar-refractivity contribution in [2.75, 3.05) is 6.54 Å². The van der Waals surface area contributed by atoms with Crippen LogP contribution in [-0.2, 0) is 13.0 Å². The van der Waals surface area contributed by atoms with E-state index in [2.05, 4.69) is 43.4 Å². The predicted molar refractivity (Wildman–Crippen MR) is 85.6 cm³/mol. The largest absolute Gasteiger partial charge is 0.312 e. The average Bonchev–Trinajstić information content (AvgIpc) is 3.28. The third-order valence-corrected chi connectivity index (χ3v) is 4.83. The van der Waals surface area contributed by atoms with Crippen LogP contribution >= 0.6 is 0 Å². The normalized spacial score (nSPS) is 19.0. The van der Waals surface area contributed by atoms with Crippen LogP contribution in [0.4, 0.5) is 0 Å². The minimum atomic E-state index is 0.747. The molecule has 110 valence electrons. The zero-order chi connectivity index (χ0) is 13.9. The van der Waals surface area contributed by atoms with E-state index in [0.29, 0.717) is 0 Å². The summed E-state index contributed by atoms with van der Waals surface area (Å²) >= 11 is 0. The van der Waals surface area contributed by atoms with Gasteiger partial charge in [0, 0.05) is 6.54 Å². The van der Waals surface area contributed by atoms with E-state index in [1.54, 1.807) is 0 Å². The molecule has 0 radical (unpaired) electrons. The fraction of sp³-hybridized carbons (Fsp3) is 0.684. The lowest BCUT2D eigenvalue weighted by Gasteiger charge is -2.16. The molecule has 1 aromatic carbocycles. The molecule has 3 rings (SSSR count). The third kappa shape index (κ3) is 4.09. The van der Waals surface area contributed by atoms with E-state index in [1.807, 2.05) is 0 Å². The SMILES string of the molecule is CC(C)Cc1ccc(CNCC(C2CC2)C2CC2)cc1. The zero-order valence-electron chi connectivity index (χ0n) is 13.1. The third-order valence-electron chi connectivity index (χ3n) is 4.83. The maximum atomic E-state index is 3.70. The first-order valence-electron chi connectivity index (χ1n) is 8.51. The number of rotatable bonds is 8. The fourth-order valence-electron chi connectivity index (χ4n) is 3.41. The lowest BCUT2D eigenvalue weighted by Crippen LogP contribution is -2.25. The van der Waals surface area contributed by atoms with Crippen LogP contribution in [0.5, 0.6) is 0 Å². The van der Waals surface area contributed by atoms with Gasteiger partial charge < -0.3 is 5.32 Å². The van der Waals surface area contributed by atoms with Crippen molar-refractivity contribution in [3.63, 3.8) is 0 Å². The van der Waals surface area contributed by atoms with E-state index < -0.39 is 0 Å². The molecule has 0 heterocycles. The minimum absolute atomic E-state index is 0.747. The van der Waals surface area contributed by atoms with E-state index in [1.165, 1.54) is 49.8 Å². The Morgan fingerprint density at radius 3 is 2.00 bits per heavy atom. The average molecular weight is 271 g/mol. The summed E-state index contributed by atoms with van der Waals surface area (Å²) in [5, 5.41) is 3.70. The molecule has 0 amide bonds. The second-order valence-corrected chi connectivity index (χ2v) is 7.38. The highest BCUT2D eigenvalue weighted by molar-refractivity contribution is 5.22. The second kappa shape index (κ2) is 6.30. The molecule has 0 aliphatic heterocycles. The van der Waals surface area contributed by atoms with Gasteiger partial charge in [-0.15, -0.1) is 0 Å². The molecule has 0 saturated heterocycles. The van der Waals surface area contributed by atoms with Crippen LogP contribution in [0.15, 0.2) is 24.3 Å². The predicted octanol–water partition coefficient (Wildman–Crippen LogP) is 4.41. The van der Waals surface area contributed by atoms with Crippen molar-refractivity contribution in [3.8, 4) is 0 Å². The molecule has 2 aliphatic rings. The summed E-state index contributed by atoms with van der Waals surface area (Å²) < 4.78 is 0. The van der Waals surface area contributed by atoms with E-state index in [9.17, 15) is 0 Å². The molecule has 0 spiro atoms. The Morgan fingerprint density at radius 2 is 1.50 bits per heavy atom. The summed E-state index contributed by atoms with van der Waals surface area (Å²) in [4.78, 5) is 0. The minimum Gasteiger partial charge on any atom is -0.312 e. The monoisotopic (exact) mass is 271 g/mol. The maximum Gasteiger partial charge on any atom is 0.0205 e. The molecule has 2 aliphatic carbocycles. The molecule has 1 heteroatoms. The molecule has 2 saturated carbocycles. The van der Waals surface area contributed by atoms with Crippen molar-refractivity contribution in [1.82, 2.24) is 5.32 Å². The van der Waals surface area contributed by atoms with Gasteiger partial charge in [0.05, 0.1) is 0 Å². The Bertz CT molecular complexity index is 400. The topological polar surface area (TPSA) is 12.0 Å². The Labute approximate surface area is 124 Å². The van der Waals surface area contributed by atoms with Gasteiger partial charge >= 0.3 is 0 Å². The molecule has 20 heavy (non-hydrogen) atoms. The van der Waals surface area contributed by atoms with Crippen LogP contribution in [0, 0.1) is 23.7 Å². The highest BCUT2D eigenvalue weighted by atomic mass is 14.9. The van der Waals surface area contributed by atoms with Crippen molar-refractivity contribution in [1.29, 1.82) is 0 Å². The summed E-state index contributed by atoms with van der Waals surface area (Å²) in [6.45, 7) is 6.84. The Balaban J connectivity index is 1.43. The molecular weight excluding hydrogens is 242 g/mol. The van der Waals surface area contributed by atoms with Crippen molar-refractivity contribution < 1.29 is 0 Å². The Hall–Kier alpha value is -0.820. The van der Waals surface area contributed by atoms with Crippen LogP contribution in [-0.4, -0.2) is 6.54 Å². The van der Waals surface area contributed by atoms with Crippen molar-refractivity contribution in [2.45, 2.75) is 52.5 Å². The van der Waals surface area contributed by atoms with E-state index in [0.717, 1.165) is 30.2 Å². The standard InChI is InChI=1S/C19H29N/c1-14(2)11-15-3-5-16(6-4-15)12-20-13-19(17-7-8-17)18-9-10-18/h3-6,14,17-20H,7-13H2,1-2H3. The number of hydrogen-bond donors (Lipinski definition) is 1. The van der Waals surface area contributed by atoms with Gasteiger partial charge in [0.1, 0.15) is 0 Å². The highest BCUT2D eigenvalue weighted by Crippen LogP contribution is 2.48. The Morgan fingerprint density at radius 1 is 0.950 bits per heavy atom. The van der Waals surface area contributed by atoms with Crippen LogP contribution < -0.4 is 5.32 Å². The van der Waals surface area contributed by atoms with Gasteiger partial charge in [0.2, 0.25) is 0 Å². The van der Waals surface area contributed by atoms with Gasteiger partial charge in [0.15, 0.2) is 0 Å². The van der Waals surface area contributed by atoms with Crippen molar-refractivity contribution in [3.05, 3.63) is 35.4 Å². The summed E-state index contributed by atoms with van der Waals surface area (Å²) in [5.41, 5.74) is 2.90. The molecule has 0 aromatic heterocycles. The smallest absolute Gasteiger partial charge is 0.0205 e. The highest BCUT2D eigenvalue weighted by Gasteiger charge is 2.40. The van der Waals surface area contributed by atoms with Gasteiger partial charge in [-0.25, -0.2) is 0 Å². The van der Waals surface area contributed by atoms with E-state index in [4.69, 9.17) is 0 Å². The maximum absolute atomic E-state index is 3.70. The molecule has 1 N–H and O–H groups in total. The van der Waals surface area contributed by atoms with Crippen molar-refractivity contribution in [2.24, 2.45) is 23.7 Å². The summed E-state index contributed by atoms with van der Waals surface area (Å²) in [6.07, 6.45) is 7.16. The van der Waals surface area contributed by atoms with Gasteiger partial charge in [0.25, 0.3) is 0 Å². The van der Waals surface area contributed by atoms with Gasteiger partial charge in [-0.3, -0.25) is 0 Å². The summed E-state index contributed by atoms with van der Waals surface area (Å²) in [5.74, 6) is 3.85. The molecule has 1 aromatic rings. The fourth-order valence-corrected chi connectivity index (χ4v) is 3.41. The van der Waals surface area contributed by atoms with Crippen LogP contribution in [0.2, 0.25) is 0 Å². The number of benzene rings is 1. The molecule has 2 fully saturated rings. The second-order valence-electron chi connectivity index (χ2n) is 7.38. The zero-order valence-corrected chi connectivity index (χ0v) is 13.1. The van der Waals surface area contributed by atoms with E-state index in [-0.39, 0.29) is 0 Å². The van der Waals surface area contributed by atoms with Crippen molar-refractivity contribution >= 4 is 0 Å². The van der Waals surface area contributed by atoms with Crippen LogP contribution in [0.25, 0.3) is 0 Å². The number of hydrogen-bond acceptors (Lipinski definition) is 1. The quantitative estimate of drug-likeness (QED) is 0.738. The van der Waals surface area contributed by atoms with Crippen LogP contribution in [0.3, 0.4) is 0 Å². The molecule has 0 unspecified atom stereocenters. The summed E-state index contributed by atoms with van der Waals surface area (Å²) in [6, 6.07) is 9.20. The van der Waals surface area contributed by atoms with Crippen LogP contribution in [0.1, 0.15) is 50.7 Å². The first-order valence-corrected chi connectivity index (χ1v) is 8.51. The Kier molecular flexibility index (Phi) is 4.45. The lowest BCUT2D eigenvalue weighted by molar-refractivity contribution is 0.378. The van der Waals surface area contributed by atoms with Gasteiger partial charge in [-0.1, -0.05) is 38.1 Å². The van der Waals surface area contributed by atoms with Gasteiger partial charge in [-0.2, -0.15) is 0 Å². The molecule has 0 bridgehead atoms. The first-order chi connectivity index (χ1) is 9.72. The molecular formula is C19H29N. The van der Waals surface area contributed by atoms with Gasteiger partial charge in [-0.05, 0) is 73.4 Å². The number of nitrogens with one attached hydrogen (secondary N) is 1. The molecule has 1 nitrogen and oxygen atoms in total. The van der Waals surface area contributed by atoms with E-state index >= 15 is 0 Å². The lowest BCUT2D eigenvalue weighted by atomic mass is 9.98. The summed E-state index contributed by atoms with van der Waals surface area (Å²) in [7, 11) is 0.